The zero-order valence-corrected chi connectivity index (χ0v) is 10.3. The first-order chi connectivity index (χ1) is 8.51. The second-order valence-electron chi connectivity index (χ2n) is 3.92. The molecule has 4 nitrogen and oxygen atoms in total. The largest absolute Gasteiger partial charge is 0.494 e. The Morgan fingerprint density at radius 1 is 1.33 bits per heavy atom. The van der Waals surface area contributed by atoms with E-state index in [4.69, 9.17) is 0 Å². The van der Waals surface area contributed by atoms with E-state index < -0.39 is 23.8 Å². The smallest absolute Gasteiger partial charge is 0.200 e. The Labute approximate surface area is 104 Å². The highest BCUT2D eigenvalue weighted by molar-refractivity contribution is 5.33. The third-order valence-electron chi connectivity index (χ3n) is 2.63. The third kappa shape index (κ3) is 3.38. The second kappa shape index (κ2) is 6.63. The quantitative estimate of drug-likeness (QED) is 0.714. The van der Waals surface area contributed by atoms with Crippen LogP contribution in [-0.4, -0.2) is 37.0 Å². The topological polar surface area (TPSA) is 61.7 Å². The molecular weight excluding hydrogens is 244 g/mol. The lowest BCUT2D eigenvalue weighted by Gasteiger charge is -2.19. The maximum absolute atomic E-state index is 13.2. The number of rotatable bonds is 6. The standard InChI is InChI=1S/C12H17F2NO3/c1-15-4-3-9(16)12(17)7-5-8(13)11(14)10(6-7)18-2/h5-6,9,12,15-17H,3-4H2,1-2H3. The summed E-state index contributed by atoms with van der Waals surface area (Å²) in [4.78, 5) is 0. The fraction of sp³-hybridized carbons (Fsp3) is 0.500. The third-order valence-corrected chi connectivity index (χ3v) is 2.63. The van der Waals surface area contributed by atoms with Crippen LogP contribution in [0.1, 0.15) is 18.1 Å². The Hall–Kier alpha value is -1.24. The zero-order chi connectivity index (χ0) is 13.7. The molecule has 1 aromatic carbocycles. The van der Waals surface area contributed by atoms with E-state index in [9.17, 15) is 19.0 Å². The summed E-state index contributed by atoms with van der Waals surface area (Å²) in [5.74, 6) is -2.53. The van der Waals surface area contributed by atoms with Crippen molar-refractivity contribution in [3.63, 3.8) is 0 Å². The fourth-order valence-electron chi connectivity index (χ4n) is 1.58. The van der Waals surface area contributed by atoms with Gasteiger partial charge in [0.25, 0.3) is 0 Å². The van der Waals surface area contributed by atoms with E-state index in [1.54, 1.807) is 7.05 Å². The first-order valence-corrected chi connectivity index (χ1v) is 5.55. The number of methoxy groups -OCH3 is 1. The van der Waals surface area contributed by atoms with Gasteiger partial charge in [0, 0.05) is 0 Å². The number of hydrogen-bond acceptors (Lipinski definition) is 4. The van der Waals surface area contributed by atoms with E-state index in [0.29, 0.717) is 13.0 Å². The highest BCUT2D eigenvalue weighted by Crippen LogP contribution is 2.27. The number of ether oxygens (including phenoxy) is 1. The molecule has 0 fully saturated rings. The molecule has 0 saturated heterocycles. The molecule has 18 heavy (non-hydrogen) atoms. The first-order valence-electron chi connectivity index (χ1n) is 5.55. The molecule has 0 aliphatic rings. The van der Waals surface area contributed by atoms with Crippen LogP contribution in [0.4, 0.5) is 8.78 Å². The summed E-state index contributed by atoms with van der Waals surface area (Å²) in [6.07, 6.45) is -2.06. The van der Waals surface area contributed by atoms with Gasteiger partial charge in [0.05, 0.1) is 13.2 Å². The van der Waals surface area contributed by atoms with Gasteiger partial charge in [-0.1, -0.05) is 0 Å². The van der Waals surface area contributed by atoms with Gasteiger partial charge >= 0.3 is 0 Å². The molecule has 0 saturated carbocycles. The molecule has 2 unspecified atom stereocenters. The lowest BCUT2D eigenvalue weighted by Crippen LogP contribution is -2.23. The van der Waals surface area contributed by atoms with E-state index in [1.807, 2.05) is 0 Å². The van der Waals surface area contributed by atoms with Crippen molar-refractivity contribution in [1.82, 2.24) is 5.32 Å². The molecule has 0 heterocycles. The summed E-state index contributed by atoms with van der Waals surface area (Å²) in [6, 6.07) is 2.02. The van der Waals surface area contributed by atoms with Gasteiger partial charge in [-0.2, -0.15) is 4.39 Å². The maximum Gasteiger partial charge on any atom is 0.200 e. The molecule has 0 aromatic heterocycles. The van der Waals surface area contributed by atoms with Crippen molar-refractivity contribution in [3.8, 4) is 5.75 Å². The molecule has 0 bridgehead atoms. The van der Waals surface area contributed by atoms with Crippen LogP contribution < -0.4 is 10.1 Å². The van der Waals surface area contributed by atoms with Crippen LogP contribution in [0.5, 0.6) is 5.75 Å². The van der Waals surface area contributed by atoms with Gasteiger partial charge in [-0.25, -0.2) is 4.39 Å². The zero-order valence-electron chi connectivity index (χ0n) is 10.3. The molecule has 1 aromatic rings. The number of hydrogen-bond donors (Lipinski definition) is 3. The van der Waals surface area contributed by atoms with Crippen molar-refractivity contribution in [2.24, 2.45) is 0 Å². The van der Waals surface area contributed by atoms with E-state index in [2.05, 4.69) is 10.1 Å². The van der Waals surface area contributed by atoms with Crippen molar-refractivity contribution in [2.75, 3.05) is 20.7 Å². The Kier molecular flexibility index (Phi) is 5.46. The van der Waals surface area contributed by atoms with Crippen LogP contribution in [0.15, 0.2) is 12.1 Å². The normalized spacial score (nSPS) is 14.3. The number of aliphatic hydroxyl groups is 2. The minimum absolute atomic E-state index is 0.0781. The highest BCUT2D eigenvalue weighted by Gasteiger charge is 2.21. The Morgan fingerprint density at radius 3 is 2.56 bits per heavy atom. The molecule has 0 spiro atoms. The van der Waals surface area contributed by atoms with Crippen LogP contribution in [0.2, 0.25) is 0 Å². The average molecular weight is 261 g/mol. The van der Waals surface area contributed by atoms with Crippen molar-refractivity contribution in [2.45, 2.75) is 18.6 Å². The van der Waals surface area contributed by atoms with Gasteiger partial charge < -0.3 is 20.3 Å². The van der Waals surface area contributed by atoms with Crippen LogP contribution in [0, 0.1) is 11.6 Å². The lowest BCUT2D eigenvalue weighted by atomic mass is 10.0. The summed E-state index contributed by atoms with van der Waals surface area (Å²) in [5.41, 5.74) is 0.0781. The molecular formula is C12H17F2NO3. The Balaban J connectivity index is 2.91. The predicted molar refractivity (Wildman–Crippen MR) is 62.4 cm³/mol. The van der Waals surface area contributed by atoms with Crippen LogP contribution >= 0.6 is 0 Å². The molecule has 0 amide bonds. The molecule has 102 valence electrons. The van der Waals surface area contributed by atoms with Crippen LogP contribution in [-0.2, 0) is 0 Å². The highest BCUT2D eigenvalue weighted by atomic mass is 19.2. The van der Waals surface area contributed by atoms with Crippen molar-refractivity contribution < 1.29 is 23.7 Å². The van der Waals surface area contributed by atoms with Crippen LogP contribution in [0.3, 0.4) is 0 Å². The van der Waals surface area contributed by atoms with Gasteiger partial charge in [-0.3, -0.25) is 0 Å². The number of nitrogens with one attached hydrogen (secondary N) is 1. The second-order valence-corrected chi connectivity index (χ2v) is 3.92. The minimum Gasteiger partial charge on any atom is -0.494 e. The van der Waals surface area contributed by atoms with Crippen molar-refractivity contribution in [1.29, 1.82) is 0 Å². The lowest BCUT2D eigenvalue weighted by molar-refractivity contribution is 0.0137. The number of aliphatic hydroxyl groups excluding tert-OH is 2. The SMILES string of the molecule is CNCCC(O)C(O)c1cc(F)c(F)c(OC)c1. The van der Waals surface area contributed by atoms with Crippen molar-refractivity contribution >= 4 is 0 Å². The first kappa shape index (κ1) is 14.8. The summed E-state index contributed by atoms with van der Waals surface area (Å²) in [5, 5.41) is 22.3. The van der Waals surface area contributed by atoms with E-state index in [1.165, 1.54) is 13.2 Å². The number of benzene rings is 1. The molecule has 3 N–H and O–H groups in total. The molecule has 0 aliphatic heterocycles. The molecule has 0 aliphatic carbocycles. The average Bonchev–Trinajstić information content (AvgIpc) is 2.38. The summed E-state index contributed by atoms with van der Waals surface area (Å²) >= 11 is 0. The van der Waals surface area contributed by atoms with E-state index in [-0.39, 0.29) is 11.3 Å². The van der Waals surface area contributed by atoms with Crippen molar-refractivity contribution in [3.05, 3.63) is 29.3 Å². The van der Waals surface area contributed by atoms with Gasteiger partial charge in [-0.05, 0) is 37.7 Å². The van der Waals surface area contributed by atoms with Gasteiger partial charge in [0.15, 0.2) is 11.6 Å². The predicted octanol–water partition coefficient (Wildman–Crippen LogP) is 0.977. The Bertz CT molecular complexity index is 401. The maximum atomic E-state index is 13.2. The van der Waals surface area contributed by atoms with Gasteiger partial charge in [0.1, 0.15) is 6.10 Å². The molecule has 1 rings (SSSR count). The number of halogens is 2. The monoisotopic (exact) mass is 261 g/mol. The van der Waals surface area contributed by atoms with Gasteiger partial charge in [-0.15, -0.1) is 0 Å². The Morgan fingerprint density at radius 2 is 2.00 bits per heavy atom. The molecule has 0 radical (unpaired) electrons. The molecule has 2 atom stereocenters. The summed E-state index contributed by atoms with van der Waals surface area (Å²) < 4.78 is 31.1. The van der Waals surface area contributed by atoms with E-state index >= 15 is 0 Å². The van der Waals surface area contributed by atoms with E-state index in [0.717, 1.165) is 6.07 Å². The summed E-state index contributed by atoms with van der Waals surface area (Å²) in [6.45, 7) is 0.499. The molecule has 6 heteroatoms. The van der Waals surface area contributed by atoms with Gasteiger partial charge in [0.2, 0.25) is 5.82 Å². The summed E-state index contributed by atoms with van der Waals surface area (Å²) in [7, 11) is 2.91. The fourth-order valence-corrected chi connectivity index (χ4v) is 1.58. The minimum atomic E-state index is -1.29. The van der Waals surface area contributed by atoms with Crippen LogP contribution in [0.25, 0.3) is 0 Å².